The second-order valence-corrected chi connectivity index (χ2v) is 11.2. The van der Waals surface area contributed by atoms with Gasteiger partial charge in [-0.3, -0.25) is 19.2 Å². The molecule has 10 heteroatoms. The van der Waals surface area contributed by atoms with E-state index in [4.69, 9.17) is 9.47 Å². The molecule has 0 spiro atoms. The van der Waals surface area contributed by atoms with Crippen molar-refractivity contribution in [1.29, 1.82) is 0 Å². The van der Waals surface area contributed by atoms with E-state index in [1.807, 2.05) is 62.4 Å². The Morgan fingerprint density at radius 1 is 1.10 bits per heavy atom. The fourth-order valence-corrected chi connectivity index (χ4v) is 5.28. The lowest BCUT2D eigenvalue weighted by Gasteiger charge is -2.30. The van der Waals surface area contributed by atoms with Gasteiger partial charge in [0.15, 0.2) is 5.78 Å². The minimum atomic E-state index is -0.933. The van der Waals surface area contributed by atoms with E-state index in [0.717, 1.165) is 16.5 Å². The second-order valence-electron chi connectivity index (χ2n) is 11.2. The summed E-state index contributed by atoms with van der Waals surface area (Å²) in [6.45, 7) is 4.50. The number of rotatable bonds is 14. The number of nitrogens with zero attached hydrogens (tertiary/aromatic N) is 1. The predicted octanol–water partition coefficient (Wildman–Crippen LogP) is 3.46. The van der Waals surface area contributed by atoms with E-state index in [2.05, 4.69) is 15.6 Å². The van der Waals surface area contributed by atoms with Crippen LogP contribution in [-0.2, 0) is 25.7 Å². The first-order valence-corrected chi connectivity index (χ1v) is 14.3. The molecular weight excluding hydrogens is 536 g/mol. The Kier molecular flexibility index (Phi) is 10.4. The number of hydrogen-bond donors (Lipinski definition) is 3. The summed E-state index contributed by atoms with van der Waals surface area (Å²) >= 11 is 0. The van der Waals surface area contributed by atoms with Gasteiger partial charge in [-0.05, 0) is 48.9 Å². The zero-order valence-electron chi connectivity index (χ0n) is 24.6. The standard InChI is InChI=1S/C32H40N4O6/c1-20(2)15-27(36(3)32(40)26-17-23-24(34-26)11-8-12-29(23)41-4)31(39)35-25(16-22-13-14-33-30(22)38)28(37)19-42-18-21-9-6-5-7-10-21/h5-12,17,20,22,25,27,34H,13-16,18-19H2,1-4H3,(H,33,38)(H,35,39)/t22?,25-,27+/m0/s1. The van der Waals surface area contributed by atoms with Crippen molar-refractivity contribution < 1.29 is 28.7 Å². The van der Waals surface area contributed by atoms with E-state index in [1.54, 1.807) is 20.2 Å². The minimum absolute atomic E-state index is 0.0859. The van der Waals surface area contributed by atoms with Crippen molar-refractivity contribution in [3.8, 4) is 5.75 Å². The van der Waals surface area contributed by atoms with Crippen molar-refractivity contribution in [2.45, 2.75) is 51.8 Å². The van der Waals surface area contributed by atoms with Crippen LogP contribution >= 0.6 is 0 Å². The van der Waals surface area contributed by atoms with Crippen LogP contribution in [0.3, 0.4) is 0 Å². The molecule has 1 fully saturated rings. The number of benzene rings is 2. The van der Waals surface area contributed by atoms with Gasteiger partial charge in [-0.15, -0.1) is 0 Å². The topological polar surface area (TPSA) is 130 Å². The molecular formula is C32H40N4O6. The van der Waals surface area contributed by atoms with E-state index in [1.165, 1.54) is 4.90 Å². The highest BCUT2D eigenvalue weighted by Gasteiger charge is 2.35. The number of H-pyrrole nitrogens is 1. The minimum Gasteiger partial charge on any atom is -0.496 e. The summed E-state index contributed by atoms with van der Waals surface area (Å²) < 4.78 is 11.1. The Balaban J connectivity index is 1.50. The first-order chi connectivity index (χ1) is 20.2. The SMILES string of the molecule is COc1cccc2[nH]c(C(=O)N(C)[C@H](CC(C)C)C(=O)N[C@@H](CC3CCNC3=O)C(=O)COCc3ccccc3)cc12. The molecule has 1 aliphatic heterocycles. The van der Waals surface area contributed by atoms with Gasteiger partial charge >= 0.3 is 0 Å². The number of ether oxygens (including phenoxy) is 2. The maximum atomic E-state index is 13.8. The number of aromatic amines is 1. The molecule has 1 saturated heterocycles. The molecule has 0 saturated carbocycles. The molecule has 2 heterocycles. The molecule has 224 valence electrons. The van der Waals surface area contributed by atoms with Crippen LogP contribution in [0.25, 0.3) is 10.9 Å². The normalized spacial score (nSPS) is 16.2. The fourth-order valence-electron chi connectivity index (χ4n) is 5.28. The van der Waals surface area contributed by atoms with Gasteiger partial charge in [0.25, 0.3) is 5.91 Å². The summed E-state index contributed by atoms with van der Waals surface area (Å²) in [5, 5.41) is 6.43. The lowest BCUT2D eigenvalue weighted by Crippen LogP contribution is -2.53. The van der Waals surface area contributed by atoms with Gasteiger partial charge in [0.2, 0.25) is 11.8 Å². The Bertz CT molecular complexity index is 1400. The molecule has 0 bridgehead atoms. The quantitative estimate of drug-likeness (QED) is 0.270. The van der Waals surface area contributed by atoms with Gasteiger partial charge in [0, 0.05) is 30.4 Å². The molecule has 2 aromatic carbocycles. The summed E-state index contributed by atoms with van der Waals surface area (Å²) in [4.78, 5) is 57.6. The van der Waals surface area contributed by atoms with Gasteiger partial charge in [-0.2, -0.15) is 0 Å². The molecule has 3 N–H and O–H groups in total. The maximum absolute atomic E-state index is 13.8. The van der Waals surface area contributed by atoms with Crippen LogP contribution in [0.5, 0.6) is 5.75 Å². The molecule has 1 unspecified atom stereocenters. The van der Waals surface area contributed by atoms with E-state index >= 15 is 0 Å². The lowest BCUT2D eigenvalue weighted by atomic mass is 9.95. The van der Waals surface area contributed by atoms with E-state index < -0.39 is 23.9 Å². The number of ketones is 1. The third kappa shape index (κ3) is 7.55. The molecule has 0 aliphatic carbocycles. The van der Waals surface area contributed by atoms with Gasteiger partial charge in [-0.1, -0.05) is 50.2 Å². The van der Waals surface area contributed by atoms with Crippen molar-refractivity contribution in [2.24, 2.45) is 11.8 Å². The number of amides is 3. The molecule has 42 heavy (non-hydrogen) atoms. The highest BCUT2D eigenvalue weighted by molar-refractivity contribution is 6.02. The molecule has 3 atom stereocenters. The Labute approximate surface area is 246 Å². The number of aromatic nitrogens is 1. The van der Waals surface area contributed by atoms with Gasteiger partial charge in [-0.25, -0.2) is 0 Å². The number of hydrogen-bond acceptors (Lipinski definition) is 6. The van der Waals surface area contributed by atoms with Crippen LogP contribution < -0.4 is 15.4 Å². The summed E-state index contributed by atoms with van der Waals surface area (Å²) in [5.41, 5.74) is 1.99. The average Bonchev–Trinajstić information content (AvgIpc) is 3.60. The van der Waals surface area contributed by atoms with Crippen LogP contribution in [0.15, 0.2) is 54.6 Å². The van der Waals surface area contributed by atoms with Crippen LogP contribution in [0.4, 0.5) is 0 Å². The van der Waals surface area contributed by atoms with Crippen LogP contribution in [0.2, 0.25) is 0 Å². The average molecular weight is 577 g/mol. The molecule has 3 aromatic rings. The van der Waals surface area contributed by atoms with Crippen LogP contribution in [-0.4, -0.2) is 72.8 Å². The lowest BCUT2D eigenvalue weighted by molar-refractivity contribution is -0.134. The van der Waals surface area contributed by atoms with E-state index in [0.29, 0.717) is 30.8 Å². The number of carbonyl (C=O) groups is 4. The highest BCUT2D eigenvalue weighted by atomic mass is 16.5. The summed E-state index contributed by atoms with van der Waals surface area (Å²) in [6, 6.07) is 14.9. The fraction of sp³-hybridized carbons (Fsp3) is 0.438. The molecule has 4 rings (SSSR count). The Morgan fingerprint density at radius 3 is 2.52 bits per heavy atom. The highest BCUT2D eigenvalue weighted by Crippen LogP contribution is 2.27. The number of Topliss-reactive ketones (excluding diaryl/α,β-unsaturated/α-hetero) is 1. The molecule has 0 radical (unpaired) electrons. The summed E-state index contributed by atoms with van der Waals surface area (Å²) in [5.74, 6) is -0.938. The number of likely N-dealkylation sites (N-methyl/N-ethyl adjacent to an activating group) is 1. The van der Waals surface area contributed by atoms with Crippen molar-refractivity contribution >= 4 is 34.4 Å². The largest absolute Gasteiger partial charge is 0.496 e. The number of methoxy groups -OCH3 is 1. The summed E-state index contributed by atoms with van der Waals surface area (Å²) in [7, 11) is 3.15. The Hall–Kier alpha value is -4.18. The van der Waals surface area contributed by atoms with Gasteiger partial charge in [0.1, 0.15) is 24.1 Å². The first-order valence-electron chi connectivity index (χ1n) is 14.3. The Morgan fingerprint density at radius 2 is 1.86 bits per heavy atom. The zero-order valence-corrected chi connectivity index (χ0v) is 24.6. The first kappa shape index (κ1) is 30.8. The van der Waals surface area contributed by atoms with Crippen LogP contribution in [0.1, 0.15) is 49.2 Å². The number of nitrogens with one attached hydrogen (secondary N) is 3. The molecule has 1 aromatic heterocycles. The summed E-state index contributed by atoms with van der Waals surface area (Å²) in [6.07, 6.45) is 1.13. The van der Waals surface area contributed by atoms with Crippen molar-refractivity contribution in [2.75, 3.05) is 27.3 Å². The molecule has 3 amide bonds. The maximum Gasteiger partial charge on any atom is 0.270 e. The van der Waals surface area contributed by atoms with Crippen molar-refractivity contribution in [3.05, 3.63) is 65.9 Å². The third-order valence-electron chi connectivity index (χ3n) is 7.60. The zero-order chi connectivity index (χ0) is 30.2. The smallest absolute Gasteiger partial charge is 0.270 e. The van der Waals surface area contributed by atoms with Crippen molar-refractivity contribution in [1.82, 2.24) is 20.5 Å². The predicted molar refractivity (Wildman–Crippen MR) is 159 cm³/mol. The van der Waals surface area contributed by atoms with Gasteiger partial charge in [0.05, 0.1) is 19.8 Å². The molecule has 10 nitrogen and oxygen atoms in total. The molecule has 1 aliphatic rings. The number of fused-ring (bicyclic) bond motifs is 1. The third-order valence-corrected chi connectivity index (χ3v) is 7.60. The van der Waals surface area contributed by atoms with Crippen molar-refractivity contribution in [3.63, 3.8) is 0 Å². The number of carbonyl (C=O) groups excluding carboxylic acids is 4. The van der Waals surface area contributed by atoms with E-state index in [-0.39, 0.29) is 43.2 Å². The van der Waals surface area contributed by atoms with E-state index in [9.17, 15) is 19.2 Å². The monoisotopic (exact) mass is 576 g/mol. The second kappa shape index (κ2) is 14.1. The van der Waals surface area contributed by atoms with Crippen LogP contribution in [0, 0.1) is 11.8 Å². The van der Waals surface area contributed by atoms with Gasteiger partial charge < -0.3 is 30.0 Å².